The van der Waals surface area contributed by atoms with Crippen molar-refractivity contribution < 1.29 is 9.53 Å². The highest BCUT2D eigenvalue weighted by molar-refractivity contribution is 7.18. The fourth-order valence-corrected chi connectivity index (χ4v) is 4.58. The number of carbonyl (C=O) groups excluding carboxylic acids is 1. The molecule has 0 unspecified atom stereocenters. The van der Waals surface area contributed by atoms with Crippen LogP contribution in [0.3, 0.4) is 0 Å². The Bertz CT molecular complexity index is 989. The zero-order valence-corrected chi connectivity index (χ0v) is 17.4. The lowest BCUT2D eigenvalue weighted by Crippen LogP contribution is -2.32. The van der Waals surface area contributed by atoms with Crippen LogP contribution in [0.5, 0.6) is 11.6 Å². The molecular formula is C22H25N3O2S. The predicted molar refractivity (Wildman–Crippen MR) is 112 cm³/mol. The summed E-state index contributed by atoms with van der Waals surface area (Å²) in [5.41, 5.74) is 1.79. The number of piperidine rings is 1. The molecule has 3 heterocycles. The topological polar surface area (TPSA) is 55.3 Å². The van der Waals surface area contributed by atoms with Crippen LogP contribution in [-0.4, -0.2) is 34.2 Å². The van der Waals surface area contributed by atoms with Crippen molar-refractivity contribution in [2.24, 2.45) is 5.92 Å². The van der Waals surface area contributed by atoms with Gasteiger partial charge in [-0.25, -0.2) is 4.98 Å². The van der Waals surface area contributed by atoms with Crippen LogP contribution in [0, 0.1) is 19.8 Å². The van der Waals surface area contributed by atoms with E-state index in [1.807, 2.05) is 0 Å². The van der Waals surface area contributed by atoms with Crippen molar-refractivity contribution in [1.29, 1.82) is 0 Å². The number of benzene rings is 1. The second-order valence-electron chi connectivity index (χ2n) is 7.66. The third-order valence-electron chi connectivity index (χ3n) is 5.51. The van der Waals surface area contributed by atoms with Crippen LogP contribution < -0.4 is 4.74 Å². The predicted octanol–water partition coefficient (Wildman–Crippen LogP) is 5.14. The highest BCUT2D eigenvalue weighted by atomic mass is 32.1. The number of nitrogens with zero attached hydrogens (tertiary/aromatic N) is 3. The van der Waals surface area contributed by atoms with Crippen molar-refractivity contribution in [3.63, 3.8) is 0 Å². The number of fused-ring (bicyclic) bond motifs is 1. The molecule has 0 amide bonds. The van der Waals surface area contributed by atoms with Gasteiger partial charge in [-0.3, -0.25) is 9.69 Å². The first kappa shape index (κ1) is 19.0. The van der Waals surface area contributed by atoms with Crippen molar-refractivity contribution in [3.8, 4) is 11.6 Å². The van der Waals surface area contributed by atoms with Crippen LogP contribution in [0.4, 0.5) is 0 Å². The molecule has 28 heavy (non-hydrogen) atoms. The summed E-state index contributed by atoms with van der Waals surface area (Å²) in [7, 11) is 0. The lowest BCUT2D eigenvalue weighted by molar-refractivity contribution is 0.112. The van der Waals surface area contributed by atoms with E-state index < -0.39 is 0 Å². The third-order valence-corrected chi connectivity index (χ3v) is 6.61. The summed E-state index contributed by atoms with van der Waals surface area (Å²) in [5.74, 6) is 2.89. The number of carbonyl (C=O) groups is 1. The molecule has 0 atom stereocenters. The highest BCUT2D eigenvalue weighted by Crippen LogP contribution is 2.36. The normalized spacial score (nSPS) is 15.8. The molecule has 1 saturated heterocycles. The van der Waals surface area contributed by atoms with Gasteiger partial charge in [0.05, 0.1) is 11.9 Å². The van der Waals surface area contributed by atoms with Gasteiger partial charge in [-0.05, 0) is 75.5 Å². The lowest BCUT2D eigenvalue weighted by Gasteiger charge is -2.29. The maximum absolute atomic E-state index is 10.9. The van der Waals surface area contributed by atoms with Crippen molar-refractivity contribution in [3.05, 3.63) is 46.1 Å². The number of ether oxygens (including phenoxy) is 1. The maximum Gasteiger partial charge on any atom is 0.231 e. The standard InChI is InChI=1S/C22H25N3O2S/c1-14-8-10-25(11-9-14)12-19-23-21(20-15(2)16(3)28-22(20)24-19)27-18-6-4-17(13-26)5-7-18/h4-7,13-14H,8-12H2,1-3H3. The first-order valence-electron chi connectivity index (χ1n) is 9.75. The number of likely N-dealkylation sites (tertiary alicyclic amines) is 1. The van der Waals surface area contributed by atoms with Crippen molar-refractivity contribution >= 4 is 27.8 Å². The molecule has 1 fully saturated rings. The summed E-state index contributed by atoms with van der Waals surface area (Å²) in [6, 6.07) is 7.11. The van der Waals surface area contributed by atoms with Gasteiger partial charge in [-0.2, -0.15) is 4.98 Å². The largest absolute Gasteiger partial charge is 0.438 e. The van der Waals surface area contributed by atoms with E-state index in [1.54, 1.807) is 35.6 Å². The van der Waals surface area contributed by atoms with Gasteiger partial charge in [0.25, 0.3) is 0 Å². The Morgan fingerprint density at radius 2 is 1.89 bits per heavy atom. The van der Waals surface area contributed by atoms with E-state index in [9.17, 15) is 4.79 Å². The van der Waals surface area contributed by atoms with E-state index in [4.69, 9.17) is 14.7 Å². The smallest absolute Gasteiger partial charge is 0.231 e. The average Bonchev–Trinajstić information content (AvgIpc) is 2.98. The second-order valence-corrected chi connectivity index (χ2v) is 8.86. The van der Waals surface area contributed by atoms with Gasteiger partial charge in [0.15, 0.2) is 0 Å². The fourth-order valence-electron chi connectivity index (χ4n) is 3.55. The van der Waals surface area contributed by atoms with Gasteiger partial charge in [-0.15, -0.1) is 11.3 Å². The van der Waals surface area contributed by atoms with E-state index in [2.05, 4.69) is 25.7 Å². The quantitative estimate of drug-likeness (QED) is 0.560. The first-order chi connectivity index (χ1) is 13.5. The molecule has 0 bridgehead atoms. The molecule has 4 rings (SSSR count). The molecule has 1 aliphatic rings. The number of hydrogen-bond donors (Lipinski definition) is 0. The molecule has 146 valence electrons. The Labute approximate surface area is 169 Å². The molecular weight excluding hydrogens is 370 g/mol. The molecule has 1 aliphatic heterocycles. The van der Waals surface area contributed by atoms with E-state index >= 15 is 0 Å². The Balaban J connectivity index is 1.67. The number of hydrogen-bond acceptors (Lipinski definition) is 6. The zero-order chi connectivity index (χ0) is 19.7. The summed E-state index contributed by atoms with van der Waals surface area (Å²) >= 11 is 1.69. The van der Waals surface area contributed by atoms with E-state index in [1.165, 1.54) is 17.7 Å². The summed E-state index contributed by atoms with van der Waals surface area (Å²) < 4.78 is 6.15. The molecule has 0 N–H and O–H groups in total. The van der Waals surface area contributed by atoms with Gasteiger partial charge >= 0.3 is 0 Å². The molecule has 1 aromatic carbocycles. The number of aldehydes is 1. The van der Waals surface area contributed by atoms with Gasteiger partial charge in [0.2, 0.25) is 5.88 Å². The Kier molecular flexibility index (Phi) is 5.42. The number of thiophene rings is 1. The van der Waals surface area contributed by atoms with Crippen molar-refractivity contribution in [1.82, 2.24) is 14.9 Å². The molecule has 2 aromatic heterocycles. The van der Waals surface area contributed by atoms with E-state index in [-0.39, 0.29) is 0 Å². The minimum absolute atomic E-state index is 0.603. The third kappa shape index (κ3) is 3.93. The van der Waals surface area contributed by atoms with Crippen LogP contribution >= 0.6 is 11.3 Å². The maximum atomic E-state index is 10.9. The number of rotatable bonds is 5. The molecule has 0 spiro atoms. The Morgan fingerprint density at radius 1 is 1.18 bits per heavy atom. The minimum Gasteiger partial charge on any atom is -0.438 e. The van der Waals surface area contributed by atoms with Gasteiger partial charge < -0.3 is 4.74 Å². The van der Waals surface area contributed by atoms with E-state index in [0.29, 0.717) is 17.2 Å². The van der Waals surface area contributed by atoms with Crippen LogP contribution in [0.15, 0.2) is 24.3 Å². The Morgan fingerprint density at radius 3 is 2.57 bits per heavy atom. The average molecular weight is 396 g/mol. The molecule has 5 nitrogen and oxygen atoms in total. The SMILES string of the molecule is Cc1sc2nc(CN3CCC(C)CC3)nc(Oc3ccc(C=O)cc3)c2c1C. The molecule has 0 radical (unpaired) electrons. The van der Waals surface area contributed by atoms with Crippen molar-refractivity contribution in [2.45, 2.75) is 40.2 Å². The summed E-state index contributed by atoms with van der Waals surface area (Å²) in [5, 5.41) is 0.984. The van der Waals surface area contributed by atoms with E-state index in [0.717, 1.165) is 53.4 Å². The summed E-state index contributed by atoms with van der Waals surface area (Å²) in [6.45, 7) is 9.45. The number of aromatic nitrogens is 2. The zero-order valence-electron chi connectivity index (χ0n) is 16.6. The minimum atomic E-state index is 0.603. The second kappa shape index (κ2) is 7.97. The van der Waals surface area contributed by atoms with Gasteiger partial charge in [0, 0.05) is 10.4 Å². The molecule has 0 saturated carbocycles. The van der Waals surface area contributed by atoms with Crippen LogP contribution in [0.1, 0.15) is 46.4 Å². The van der Waals surface area contributed by atoms with Gasteiger partial charge in [0.1, 0.15) is 22.7 Å². The Hall–Kier alpha value is -2.31. The van der Waals surface area contributed by atoms with Crippen molar-refractivity contribution in [2.75, 3.05) is 13.1 Å². The van der Waals surface area contributed by atoms with Crippen LogP contribution in [-0.2, 0) is 6.54 Å². The number of aryl methyl sites for hydroxylation is 2. The summed E-state index contributed by atoms with van der Waals surface area (Å²) in [4.78, 5) is 25.2. The van der Waals surface area contributed by atoms with Crippen LogP contribution in [0.25, 0.3) is 10.2 Å². The lowest BCUT2D eigenvalue weighted by atomic mass is 9.99. The highest BCUT2D eigenvalue weighted by Gasteiger charge is 2.20. The molecule has 3 aromatic rings. The molecule has 0 aliphatic carbocycles. The first-order valence-corrected chi connectivity index (χ1v) is 10.6. The molecule has 6 heteroatoms. The fraction of sp³-hybridized carbons (Fsp3) is 0.409. The van der Waals surface area contributed by atoms with Gasteiger partial charge in [-0.1, -0.05) is 6.92 Å². The monoisotopic (exact) mass is 395 g/mol. The summed E-state index contributed by atoms with van der Waals surface area (Å²) in [6.07, 6.45) is 3.29. The van der Waals surface area contributed by atoms with Crippen LogP contribution in [0.2, 0.25) is 0 Å².